The summed E-state index contributed by atoms with van der Waals surface area (Å²) in [6.45, 7) is 6.03. The van der Waals surface area contributed by atoms with Crippen LogP contribution in [-0.2, 0) is 11.5 Å². The fraction of sp³-hybridized carbons (Fsp3) is 0.500. The zero-order chi connectivity index (χ0) is 10.8. The molecule has 0 atom stereocenters. The van der Waals surface area contributed by atoms with E-state index in [-0.39, 0.29) is 23.6 Å². The van der Waals surface area contributed by atoms with Gasteiger partial charge in [-0.15, -0.1) is 0 Å². The second-order valence-corrected chi connectivity index (χ2v) is 4.12. The number of hydrogen-bond acceptors (Lipinski definition) is 3. The topological polar surface area (TPSA) is 57.2 Å². The fourth-order valence-electron chi connectivity index (χ4n) is 0.920. The highest BCUT2D eigenvalue weighted by molar-refractivity contribution is 5.33. The van der Waals surface area contributed by atoms with E-state index in [0.717, 1.165) is 0 Å². The minimum Gasteiger partial charge on any atom is -0.394 e. The van der Waals surface area contributed by atoms with Gasteiger partial charge in [-0.05, 0) is 32.9 Å². The molecule has 0 aromatic carbocycles. The summed E-state index contributed by atoms with van der Waals surface area (Å²) in [5.74, 6) is 0. The molecule has 4 nitrogen and oxygen atoms in total. The van der Waals surface area contributed by atoms with Crippen LogP contribution < -0.4 is 11.3 Å². The predicted molar refractivity (Wildman–Crippen MR) is 56.0 cm³/mol. The summed E-state index contributed by atoms with van der Waals surface area (Å²) in [5, 5.41) is 0. The molecule has 1 heterocycles. The molecule has 0 aliphatic carbocycles. The SMILES string of the molecule is CC(C)(C)OCn1cccc(N)c1=O. The molecule has 1 aromatic rings. The van der Waals surface area contributed by atoms with E-state index in [4.69, 9.17) is 10.5 Å². The van der Waals surface area contributed by atoms with E-state index in [1.807, 2.05) is 20.8 Å². The summed E-state index contributed by atoms with van der Waals surface area (Å²) in [6, 6.07) is 3.30. The molecule has 1 aromatic heterocycles. The first-order valence-corrected chi connectivity index (χ1v) is 4.49. The van der Waals surface area contributed by atoms with Crippen LogP contribution in [0.4, 0.5) is 5.69 Å². The van der Waals surface area contributed by atoms with Gasteiger partial charge in [-0.3, -0.25) is 9.36 Å². The molecule has 78 valence electrons. The van der Waals surface area contributed by atoms with E-state index in [1.165, 1.54) is 4.57 Å². The number of aromatic nitrogens is 1. The Bertz CT molecular complexity index is 363. The van der Waals surface area contributed by atoms with E-state index in [1.54, 1.807) is 18.3 Å². The molecule has 0 unspecified atom stereocenters. The first-order chi connectivity index (χ1) is 6.40. The molecule has 0 aliphatic rings. The zero-order valence-corrected chi connectivity index (χ0v) is 8.78. The average Bonchev–Trinajstić information content (AvgIpc) is 2.06. The van der Waals surface area contributed by atoms with Gasteiger partial charge < -0.3 is 10.5 Å². The second-order valence-electron chi connectivity index (χ2n) is 4.12. The quantitative estimate of drug-likeness (QED) is 0.773. The smallest absolute Gasteiger partial charge is 0.275 e. The maximum atomic E-state index is 11.4. The van der Waals surface area contributed by atoms with E-state index in [2.05, 4.69) is 0 Å². The number of ether oxygens (including phenoxy) is 1. The van der Waals surface area contributed by atoms with Crippen molar-refractivity contribution in [3.8, 4) is 0 Å². The van der Waals surface area contributed by atoms with Crippen LogP contribution in [0.1, 0.15) is 20.8 Å². The molecule has 0 saturated heterocycles. The molecular formula is C10H16N2O2. The van der Waals surface area contributed by atoms with Crippen LogP contribution in [-0.4, -0.2) is 10.2 Å². The lowest BCUT2D eigenvalue weighted by molar-refractivity contribution is -0.0444. The van der Waals surface area contributed by atoms with Crippen molar-refractivity contribution in [1.82, 2.24) is 4.57 Å². The van der Waals surface area contributed by atoms with Crippen molar-refractivity contribution >= 4 is 5.69 Å². The van der Waals surface area contributed by atoms with Crippen LogP contribution in [0.3, 0.4) is 0 Å². The van der Waals surface area contributed by atoms with Crippen molar-refractivity contribution in [2.45, 2.75) is 33.1 Å². The Morgan fingerprint density at radius 1 is 1.50 bits per heavy atom. The molecule has 0 bridgehead atoms. The van der Waals surface area contributed by atoms with E-state index < -0.39 is 0 Å². The summed E-state index contributed by atoms with van der Waals surface area (Å²) in [7, 11) is 0. The van der Waals surface area contributed by atoms with Gasteiger partial charge in [0.05, 0.1) is 11.3 Å². The van der Waals surface area contributed by atoms with Gasteiger partial charge in [0.1, 0.15) is 6.73 Å². The normalized spacial score (nSPS) is 11.6. The Balaban J connectivity index is 2.78. The molecule has 2 N–H and O–H groups in total. The minimum atomic E-state index is -0.260. The Kier molecular flexibility index (Phi) is 2.96. The number of nitrogens with zero attached hydrogens (tertiary/aromatic N) is 1. The number of nitrogens with two attached hydrogens (primary N) is 1. The van der Waals surface area contributed by atoms with Crippen molar-refractivity contribution < 1.29 is 4.74 Å². The lowest BCUT2D eigenvalue weighted by atomic mass is 10.2. The van der Waals surface area contributed by atoms with Crippen LogP contribution >= 0.6 is 0 Å². The van der Waals surface area contributed by atoms with Crippen molar-refractivity contribution in [1.29, 1.82) is 0 Å². The second kappa shape index (κ2) is 3.84. The minimum absolute atomic E-state index is 0.211. The predicted octanol–water partition coefficient (Wildman–Crippen LogP) is 1.20. The third-order valence-electron chi connectivity index (χ3n) is 1.69. The van der Waals surface area contributed by atoms with E-state index in [0.29, 0.717) is 0 Å². The molecule has 1 rings (SSSR count). The zero-order valence-electron chi connectivity index (χ0n) is 8.78. The number of anilines is 1. The van der Waals surface area contributed by atoms with Crippen molar-refractivity contribution in [3.63, 3.8) is 0 Å². The summed E-state index contributed by atoms with van der Waals surface area (Å²) in [5.41, 5.74) is 5.24. The Hall–Kier alpha value is -1.29. The Morgan fingerprint density at radius 3 is 2.71 bits per heavy atom. The summed E-state index contributed by atoms with van der Waals surface area (Å²) in [6.07, 6.45) is 1.66. The van der Waals surface area contributed by atoms with Gasteiger partial charge >= 0.3 is 0 Å². The van der Waals surface area contributed by atoms with Crippen molar-refractivity contribution in [3.05, 3.63) is 28.7 Å². The highest BCUT2D eigenvalue weighted by atomic mass is 16.5. The number of rotatable bonds is 2. The number of pyridine rings is 1. The third kappa shape index (κ3) is 2.88. The maximum absolute atomic E-state index is 11.4. The van der Waals surface area contributed by atoms with Gasteiger partial charge in [0.2, 0.25) is 0 Å². The van der Waals surface area contributed by atoms with E-state index >= 15 is 0 Å². The van der Waals surface area contributed by atoms with Gasteiger partial charge in [-0.1, -0.05) is 0 Å². The monoisotopic (exact) mass is 196 g/mol. The van der Waals surface area contributed by atoms with Crippen LogP contribution in [0.5, 0.6) is 0 Å². The average molecular weight is 196 g/mol. The molecular weight excluding hydrogens is 180 g/mol. The molecule has 0 radical (unpaired) electrons. The van der Waals surface area contributed by atoms with E-state index in [9.17, 15) is 4.79 Å². The molecule has 0 spiro atoms. The standard InChI is InChI=1S/C10H16N2O2/c1-10(2,3)14-7-12-6-4-5-8(11)9(12)13/h4-6H,7,11H2,1-3H3. The molecule has 0 saturated carbocycles. The van der Waals surface area contributed by atoms with Gasteiger partial charge in [0, 0.05) is 6.20 Å². The number of hydrogen-bond donors (Lipinski definition) is 1. The summed E-state index contributed by atoms with van der Waals surface area (Å²) >= 11 is 0. The van der Waals surface area contributed by atoms with Crippen molar-refractivity contribution in [2.24, 2.45) is 0 Å². The van der Waals surface area contributed by atoms with Gasteiger partial charge in [-0.2, -0.15) is 0 Å². The van der Waals surface area contributed by atoms with Gasteiger partial charge in [0.15, 0.2) is 0 Å². The van der Waals surface area contributed by atoms with Crippen LogP contribution in [0.25, 0.3) is 0 Å². The summed E-state index contributed by atoms with van der Waals surface area (Å²) < 4.78 is 6.90. The highest BCUT2D eigenvalue weighted by Crippen LogP contribution is 2.07. The molecule has 0 amide bonds. The first kappa shape index (κ1) is 10.8. The van der Waals surface area contributed by atoms with Gasteiger partial charge in [0.25, 0.3) is 5.56 Å². The van der Waals surface area contributed by atoms with Crippen molar-refractivity contribution in [2.75, 3.05) is 5.73 Å². The number of nitrogen functional groups attached to an aromatic ring is 1. The highest BCUT2D eigenvalue weighted by Gasteiger charge is 2.10. The first-order valence-electron chi connectivity index (χ1n) is 4.49. The summed E-state index contributed by atoms with van der Waals surface area (Å²) in [4.78, 5) is 11.4. The van der Waals surface area contributed by atoms with Crippen LogP contribution in [0.15, 0.2) is 23.1 Å². The lowest BCUT2D eigenvalue weighted by Crippen LogP contribution is -2.28. The maximum Gasteiger partial charge on any atom is 0.275 e. The fourth-order valence-corrected chi connectivity index (χ4v) is 0.920. The molecule has 14 heavy (non-hydrogen) atoms. The lowest BCUT2D eigenvalue weighted by Gasteiger charge is -2.20. The van der Waals surface area contributed by atoms with Crippen LogP contribution in [0.2, 0.25) is 0 Å². The molecule has 4 heteroatoms. The third-order valence-corrected chi connectivity index (χ3v) is 1.69. The Labute approximate surface area is 83.3 Å². The molecule has 0 aliphatic heterocycles. The Morgan fingerprint density at radius 2 is 2.14 bits per heavy atom. The molecule has 0 fully saturated rings. The van der Waals surface area contributed by atoms with Crippen LogP contribution in [0, 0.1) is 0 Å². The largest absolute Gasteiger partial charge is 0.394 e. The van der Waals surface area contributed by atoms with Gasteiger partial charge in [-0.25, -0.2) is 0 Å².